The molecule has 0 aromatic rings. The first kappa shape index (κ1) is 13.6. The van der Waals surface area contributed by atoms with E-state index in [0.29, 0.717) is 19.8 Å². The molecule has 0 rings (SSSR count). The van der Waals surface area contributed by atoms with E-state index in [2.05, 4.69) is 0 Å². The summed E-state index contributed by atoms with van der Waals surface area (Å²) in [5.41, 5.74) is 1.22. The molecule has 0 heterocycles. The molecule has 0 aliphatic rings. The number of hydrogen-bond donors (Lipinski definition) is 0. The highest BCUT2D eigenvalue weighted by molar-refractivity contribution is 4.92. The number of hydrogen-bond acceptors (Lipinski definition) is 3. The van der Waals surface area contributed by atoms with Crippen LogP contribution in [0.2, 0.25) is 0 Å². The molecule has 0 radical (unpaired) electrons. The molecular weight excluding hydrogens is 180 g/mol. The van der Waals surface area contributed by atoms with Crippen molar-refractivity contribution in [3.05, 3.63) is 11.6 Å². The third kappa shape index (κ3) is 6.13. The van der Waals surface area contributed by atoms with Crippen molar-refractivity contribution in [1.82, 2.24) is 0 Å². The van der Waals surface area contributed by atoms with Crippen LogP contribution in [-0.2, 0) is 14.2 Å². The van der Waals surface area contributed by atoms with Crippen molar-refractivity contribution < 1.29 is 14.2 Å². The molecule has 0 bridgehead atoms. The molecule has 3 heteroatoms. The topological polar surface area (TPSA) is 27.7 Å². The van der Waals surface area contributed by atoms with Crippen LogP contribution >= 0.6 is 0 Å². The van der Waals surface area contributed by atoms with Gasteiger partial charge in [-0.1, -0.05) is 11.6 Å². The van der Waals surface area contributed by atoms with Crippen LogP contribution in [0.15, 0.2) is 11.6 Å². The summed E-state index contributed by atoms with van der Waals surface area (Å²) < 4.78 is 16.3. The molecule has 0 amide bonds. The summed E-state index contributed by atoms with van der Waals surface area (Å²) in [5.74, 6) is -0.907. The minimum atomic E-state index is -0.907. The quantitative estimate of drug-likeness (QED) is 0.469. The minimum Gasteiger partial charge on any atom is -0.328 e. The lowest BCUT2D eigenvalue weighted by molar-refractivity contribution is -0.363. The van der Waals surface area contributed by atoms with Gasteiger partial charge in [0.15, 0.2) is 0 Å². The molecule has 14 heavy (non-hydrogen) atoms. The largest absolute Gasteiger partial charge is 0.328 e. The van der Waals surface area contributed by atoms with Crippen molar-refractivity contribution in [2.45, 2.75) is 40.6 Å². The predicted molar refractivity (Wildman–Crippen MR) is 57.0 cm³/mol. The average Bonchev–Trinajstić information content (AvgIpc) is 2.03. The van der Waals surface area contributed by atoms with Crippen LogP contribution in [0.25, 0.3) is 0 Å². The highest BCUT2D eigenvalue weighted by Crippen LogP contribution is 2.14. The molecule has 0 saturated heterocycles. The van der Waals surface area contributed by atoms with Gasteiger partial charge < -0.3 is 14.2 Å². The first-order valence-corrected chi connectivity index (χ1v) is 5.09. The van der Waals surface area contributed by atoms with Crippen molar-refractivity contribution in [2.24, 2.45) is 0 Å². The highest BCUT2D eigenvalue weighted by Gasteiger charge is 2.25. The smallest absolute Gasteiger partial charge is 0.280 e. The van der Waals surface area contributed by atoms with Crippen LogP contribution in [0, 0.1) is 0 Å². The number of allylic oxidation sites excluding steroid dienone is 1. The zero-order chi connectivity index (χ0) is 11.0. The molecule has 0 N–H and O–H groups in total. The van der Waals surface area contributed by atoms with E-state index in [-0.39, 0.29) is 0 Å². The molecule has 0 atom stereocenters. The van der Waals surface area contributed by atoms with E-state index >= 15 is 0 Å². The Morgan fingerprint density at radius 3 is 1.93 bits per heavy atom. The standard InChI is InChI=1S/C11H22O3/c1-6-12-11(5,13-7-2)14-9-8-10(3)4/h8H,6-7,9H2,1-5H3. The molecule has 0 unspecified atom stereocenters. The van der Waals surface area contributed by atoms with Crippen LogP contribution in [0.4, 0.5) is 0 Å². The number of rotatable bonds is 7. The van der Waals surface area contributed by atoms with Gasteiger partial charge in [-0.2, -0.15) is 0 Å². The lowest BCUT2D eigenvalue weighted by atomic mass is 10.3. The Balaban J connectivity index is 4.01. The van der Waals surface area contributed by atoms with E-state index in [1.807, 2.05) is 33.8 Å². The molecular formula is C11H22O3. The van der Waals surface area contributed by atoms with Crippen LogP contribution in [-0.4, -0.2) is 25.8 Å². The third-order valence-electron chi connectivity index (χ3n) is 1.65. The van der Waals surface area contributed by atoms with Gasteiger partial charge in [0.2, 0.25) is 0 Å². The van der Waals surface area contributed by atoms with Gasteiger partial charge in [-0.3, -0.25) is 0 Å². The van der Waals surface area contributed by atoms with Crippen molar-refractivity contribution >= 4 is 0 Å². The van der Waals surface area contributed by atoms with E-state index in [4.69, 9.17) is 14.2 Å². The summed E-state index contributed by atoms with van der Waals surface area (Å²) in [6.45, 7) is 11.3. The van der Waals surface area contributed by atoms with Crippen LogP contribution in [0.3, 0.4) is 0 Å². The minimum absolute atomic E-state index is 0.513. The average molecular weight is 202 g/mol. The summed E-state index contributed by atoms with van der Waals surface area (Å²) in [5, 5.41) is 0. The Bertz CT molecular complexity index is 165. The molecule has 84 valence electrons. The first-order chi connectivity index (χ1) is 6.54. The third-order valence-corrected chi connectivity index (χ3v) is 1.65. The Morgan fingerprint density at radius 2 is 1.57 bits per heavy atom. The second-order valence-corrected chi connectivity index (χ2v) is 3.32. The van der Waals surface area contributed by atoms with Crippen LogP contribution in [0.5, 0.6) is 0 Å². The van der Waals surface area contributed by atoms with E-state index in [9.17, 15) is 0 Å². The lowest BCUT2D eigenvalue weighted by Crippen LogP contribution is -2.36. The molecule has 0 aromatic carbocycles. The fourth-order valence-electron chi connectivity index (χ4n) is 1.01. The summed E-state index contributed by atoms with van der Waals surface area (Å²) >= 11 is 0. The van der Waals surface area contributed by atoms with Gasteiger partial charge in [0.05, 0.1) is 6.61 Å². The van der Waals surface area contributed by atoms with Gasteiger partial charge in [0.25, 0.3) is 5.97 Å². The Morgan fingerprint density at radius 1 is 1.07 bits per heavy atom. The molecule has 0 saturated carbocycles. The van der Waals surface area contributed by atoms with Gasteiger partial charge >= 0.3 is 0 Å². The molecule has 0 fully saturated rings. The normalized spacial score (nSPS) is 11.5. The van der Waals surface area contributed by atoms with Gasteiger partial charge in [-0.05, 0) is 27.7 Å². The summed E-state index contributed by atoms with van der Waals surface area (Å²) in [6, 6.07) is 0. The second kappa shape index (κ2) is 6.98. The van der Waals surface area contributed by atoms with Gasteiger partial charge in [0.1, 0.15) is 0 Å². The van der Waals surface area contributed by atoms with Gasteiger partial charge in [-0.15, -0.1) is 0 Å². The first-order valence-electron chi connectivity index (χ1n) is 5.09. The van der Waals surface area contributed by atoms with E-state index in [1.165, 1.54) is 5.57 Å². The summed E-state index contributed by atoms with van der Waals surface area (Å²) in [4.78, 5) is 0. The predicted octanol–water partition coefficient (Wildman–Crippen LogP) is 2.72. The van der Waals surface area contributed by atoms with E-state index in [0.717, 1.165) is 0 Å². The zero-order valence-corrected chi connectivity index (χ0v) is 9.92. The Kier molecular flexibility index (Phi) is 6.79. The van der Waals surface area contributed by atoms with Crippen LogP contribution < -0.4 is 0 Å². The monoisotopic (exact) mass is 202 g/mol. The van der Waals surface area contributed by atoms with Crippen molar-refractivity contribution in [3.63, 3.8) is 0 Å². The SMILES string of the molecule is CCOC(C)(OCC)OCC=C(C)C. The maximum Gasteiger partial charge on any atom is 0.280 e. The van der Waals surface area contributed by atoms with E-state index < -0.39 is 5.97 Å². The Hall–Kier alpha value is -0.380. The van der Waals surface area contributed by atoms with Gasteiger partial charge in [0, 0.05) is 20.1 Å². The highest BCUT2D eigenvalue weighted by atomic mass is 16.9. The maximum atomic E-state index is 5.50. The van der Waals surface area contributed by atoms with Crippen LogP contribution in [0.1, 0.15) is 34.6 Å². The summed E-state index contributed by atoms with van der Waals surface area (Å²) in [7, 11) is 0. The van der Waals surface area contributed by atoms with Crippen molar-refractivity contribution in [2.75, 3.05) is 19.8 Å². The Labute approximate surface area is 87.0 Å². The molecule has 0 spiro atoms. The zero-order valence-electron chi connectivity index (χ0n) is 9.92. The molecule has 0 aromatic heterocycles. The maximum absolute atomic E-state index is 5.50. The van der Waals surface area contributed by atoms with Gasteiger partial charge in [-0.25, -0.2) is 0 Å². The number of ether oxygens (including phenoxy) is 3. The van der Waals surface area contributed by atoms with Crippen molar-refractivity contribution in [3.8, 4) is 0 Å². The fourth-order valence-corrected chi connectivity index (χ4v) is 1.01. The van der Waals surface area contributed by atoms with Crippen molar-refractivity contribution in [1.29, 1.82) is 0 Å². The lowest BCUT2D eigenvalue weighted by Gasteiger charge is -2.28. The molecule has 0 aliphatic carbocycles. The summed E-state index contributed by atoms with van der Waals surface area (Å²) in [6.07, 6.45) is 2.00. The van der Waals surface area contributed by atoms with E-state index in [1.54, 1.807) is 6.92 Å². The fraction of sp³-hybridized carbons (Fsp3) is 0.818. The molecule has 3 nitrogen and oxygen atoms in total. The molecule has 0 aliphatic heterocycles. The second-order valence-electron chi connectivity index (χ2n) is 3.32.